The first kappa shape index (κ1) is 26.1. The molecule has 0 saturated carbocycles. The zero-order valence-corrected chi connectivity index (χ0v) is 22.6. The van der Waals surface area contributed by atoms with Crippen molar-refractivity contribution in [2.24, 2.45) is 0 Å². The number of methoxy groups -OCH3 is 3. The zero-order valence-electron chi connectivity index (χ0n) is 19.5. The van der Waals surface area contributed by atoms with Gasteiger partial charge in [0.25, 0.3) is 5.22 Å². The third kappa shape index (κ3) is 5.70. The third-order valence-electron chi connectivity index (χ3n) is 4.91. The molecule has 1 amide bonds. The normalized spacial score (nSPS) is 11.7. The number of nitrogens with zero attached hydrogens (tertiary/aromatic N) is 3. The summed E-state index contributed by atoms with van der Waals surface area (Å²) in [6.07, 6.45) is 0. The standard InChI is InChI=1S/C23H20Cl2N4O5S2/c1-11(20(30)27-22-26-16(10-35-22)12-5-6-14(24)15(25)7-12)36-23-29-28-21(34-23)13-8-17(31-2)19(33-4)18(9-13)32-3/h5-11H,1-4H3,(H,26,27,30)/t11-/m1/s1. The molecule has 0 aliphatic rings. The minimum atomic E-state index is -0.532. The van der Waals surface area contributed by atoms with Crippen LogP contribution in [0.1, 0.15) is 6.92 Å². The molecular formula is C23H20Cl2N4O5S2. The van der Waals surface area contributed by atoms with Crippen LogP contribution in [0.15, 0.2) is 45.4 Å². The number of carbonyl (C=O) groups is 1. The van der Waals surface area contributed by atoms with Gasteiger partial charge in [0, 0.05) is 16.5 Å². The minimum absolute atomic E-state index is 0.233. The van der Waals surface area contributed by atoms with Crippen molar-refractivity contribution >= 4 is 57.3 Å². The predicted molar refractivity (Wildman–Crippen MR) is 141 cm³/mol. The zero-order chi connectivity index (χ0) is 25.8. The smallest absolute Gasteiger partial charge is 0.277 e. The number of benzene rings is 2. The first-order valence-corrected chi connectivity index (χ1v) is 12.9. The van der Waals surface area contributed by atoms with E-state index in [1.807, 2.05) is 11.4 Å². The molecule has 0 radical (unpaired) electrons. The highest BCUT2D eigenvalue weighted by molar-refractivity contribution is 8.00. The number of hydrogen-bond donors (Lipinski definition) is 1. The van der Waals surface area contributed by atoms with Gasteiger partial charge in [0.05, 0.1) is 42.3 Å². The van der Waals surface area contributed by atoms with Crippen molar-refractivity contribution in [2.75, 3.05) is 26.6 Å². The molecular weight excluding hydrogens is 547 g/mol. The van der Waals surface area contributed by atoms with Crippen LogP contribution in [0.5, 0.6) is 17.2 Å². The average molecular weight is 567 g/mol. The molecule has 9 nitrogen and oxygen atoms in total. The molecule has 36 heavy (non-hydrogen) atoms. The Labute approximate surface area is 225 Å². The van der Waals surface area contributed by atoms with E-state index in [1.165, 1.54) is 32.7 Å². The maximum atomic E-state index is 12.7. The van der Waals surface area contributed by atoms with E-state index in [0.717, 1.165) is 17.3 Å². The Morgan fingerprint density at radius 2 is 1.75 bits per heavy atom. The second kappa shape index (κ2) is 11.4. The van der Waals surface area contributed by atoms with Crippen molar-refractivity contribution < 1.29 is 23.4 Å². The summed E-state index contributed by atoms with van der Waals surface area (Å²) < 4.78 is 21.8. The number of hydrogen-bond acceptors (Lipinski definition) is 10. The Balaban J connectivity index is 1.43. The lowest BCUT2D eigenvalue weighted by Crippen LogP contribution is -2.22. The molecule has 0 bridgehead atoms. The van der Waals surface area contributed by atoms with Crippen molar-refractivity contribution in [3.8, 4) is 40.0 Å². The topological polar surface area (TPSA) is 109 Å². The fraction of sp³-hybridized carbons (Fsp3) is 0.217. The Bertz CT molecular complexity index is 1370. The predicted octanol–water partition coefficient (Wildman–Crippen LogP) is 6.31. The number of carbonyl (C=O) groups excluding carboxylic acids is 1. The van der Waals surface area contributed by atoms with Crippen LogP contribution < -0.4 is 19.5 Å². The van der Waals surface area contributed by atoms with Gasteiger partial charge in [0.1, 0.15) is 0 Å². The van der Waals surface area contributed by atoms with E-state index in [9.17, 15) is 4.79 Å². The van der Waals surface area contributed by atoms with Crippen molar-refractivity contribution in [3.63, 3.8) is 0 Å². The van der Waals surface area contributed by atoms with Crippen molar-refractivity contribution in [3.05, 3.63) is 45.8 Å². The molecule has 13 heteroatoms. The van der Waals surface area contributed by atoms with Crippen LogP contribution in [0, 0.1) is 0 Å². The molecule has 188 valence electrons. The van der Waals surface area contributed by atoms with Crippen LogP contribution in [-0.4, -0.2) is 47.7 Å². The van der Waals surface area contributed by atoms with Gasteiger partial charge in [-0.2, -0.15) is 0 Å². The number of thioether (sulfide) groups is 1. The Hall–Kier alpha value is -2.99. The maximum Gasteiger partial charge on any atom is 0.277 e. The fourth-order valence-electron chi connectivity index (χ4n) is 3.11. The number of amides is 1. The molecule has 4 aromatic rings. The Morgan fingerprint density at radius 1 is 1.03 bits per heavy atom. The van der Waals surface area contributed by atoms with Crippen molar-refractivity contribution in [1.82, 2.24) is 15.2 Å². The lowest BCUT2D eigenvalue weighted by Gasteiger charge is -2.12. The summed E-state index contributed by atoms with van der Waals surface area (Å²) >= 11 is 14.5. The third-order valence-corrected chi connectivity index (χ3v) is 7.35. The number of anilines is 1. The van der Waals surface area contributed by atoms with E-state index in [2.05, 4.69) is 20.5 Å². The molecule has 2 aromatic carbocycles. The van der Waals surface area contributed by atoms with E-state index >= 15 is 0 Å². The van der Waals surface area contributed by atoms with Gasteiger partial charge in [-0.1, -0.05) is 41.0 Å². The lowest BCUT2D eigenvalue weighted by molar-refractivity contribution is -0.115. The van der Waals surface area contributed by atoms with Gasteiger partial charge in [0.15, 0.2) is 16.6 Å². The number of ether oxygens (including phenoxy) is 3. The summed E-state index contributed by atoms with van der Waals surface area (Å²) in [6.45, 7) is 1.73. The average Bonchev–Trinajstić information content (AvgIpc) is 3.54. The quantitative estimate of drug-likeness (QED) is 0.233. The summed E-state index contributed by atoms with van der Waals surface area (Å²) in [5.41, 5.74) is 2.06. The van der Waals surface area contributed by atoms with Crippen LogP contribution in [0.4, 0.5) is 5.13 Å². The summed E-state index contributed by atoms with van der Waals surface area (Å²) in [7, 11) is 4.56. The molecule has 2 aromatic heterocycles. The van der Waals surface area contributed by atoms with Gasteiger partial charge in [-0.3, -0.25) is 4.79 Å². The number of nitrogens with one attached hydrogen (secondary N) is 1. The highest BCUT2D eigenvalue weighted by Crippen LogP contribution is 2.41. The molecule has 0 aliphatic carbocycles. The van der Waals surface area contributed by atoms with E-state index in [-0.39, 0.29) is 17.0 Å². The van der Waals surface area contributed by atoms with Crippen LogP contribution >= 0.6 is 46.3 Å². The van der Waals surface area contributed by atoms with Crippen LogP contribution in [0.25, 0.3) is 22.7 Å². The molecule has 0 spiro atoms. The van der Waals surface area contributed by atoms with Gasteiger partial charge < -0.3 is 23.9 Å². The van der Waals surface area contributed by atoms with E-state index < -0.39 is 5.25 Å². The molecule has 1 N–H and O–H groups in total. The van der Waals surface area contributed by atoms with Crippen molar-refractivity contribution in [1.29, 1.82) is 0 Å². The lowest BCUT2D eigenvalue weighted by atomic mass is 10.2. The maximum absolute atomic E-state index is 12.7. The highest BCUT2D eigenvalue weighted by atomic mass is 35.5. The van der Waals surface area contributed by atoms with Crippen LogP contribution in [0.3, 0.4) is 0 Å². The summed E-state index contributed by atoms with van der Waals surface area (Å²) in [6, 6.07) is 8.64. The second-order valence-electron chi connectivity index (χ2n) is 7.20. The molecule has 0 fully saturated rings. The molecule has 0 unspecified atom stereocenters. The van der Waals surface area contributed by atoms with Gasteiger partial charge in [-0.15, -0.1) is 21.5 Å². The van der Waals surface area contributed by atoms with Gasteiger partial charge in [-0.05, 0) is 31.2 Å². The largest absolute Gasteiger partial charge is 0.493 e. The van der Waals surface area contributed by atoms with Gasteiger partial charge in [0.2, 0.25) is 17.5 Å². The van der Waals surface area contributed by atoms with Gasteiger partial charge >= 0.3 is 0 Å². The molecule has 0 saturated heterocycles. The van der Waals surface area contributed by atoms with E-state index in [0.29, 0.717) is 43.7 Å². The summed E-state index contributed by atoms with van der Waals surface area (Å²) in [5, 5.41) is 13.8. The second-order valence-corrected chi connectivity index (χ2v) is 10.2. The number of rotatable bonds is 9. The Morgan fingerprint density at radius 3 is 2.39 bits per heavy atom. The number of thiazole rings is 1. The minimum Gasteiger partial charge on any atom is -0.493 e. The number of halogens is 2. The summed E-state index contributed by atoms with van der Waals surface area (Å²) in [5.74, 6) is 1.34. The van der Waals surface area contributed by atoms with Gasteiger partial charge in [-0.25, -0.2) is 4.98 Å². The first-order chi connectivity index (χ1) is 17.3. The monoisotopic (exact) mass is 566 g/mol. The van der Waals surface area contributed by atoms with Crippen LogP contribution in [0.2, 0.25) is 10.0 Å². The SMILES string of the molecule is COc1cc(-c2nnc(S[C@H](C)C(=O)Nc3nc(-c4ccc(Cl)c(Cl)c4)cs3)o2)cc(OC)c1OC. The first-order valence-electron chi connectivity index (χ1n) is 10.3. The highest BCUT2D eigenvalue weighted by Gasteiger charge is 2.22. The summed E-state index contributed by atoms with van der Waals surface area (Å²) in [4.78, 5) is 17.2. The molecule has 1 atom stereocenters. The molecule has 0 aliphatic heterocycles. The Kier molecular flexibility index (Phi) is 8.24. The van der Waals surface area contributed by atoms with E-state index in [4.69, 9.17) is 41.8 Å². The molecule has 4 rings (SSSR count). The van der Waals surface area contributed by atoms with E-state index in [1.54, 1.807) is 31.2 Å². The number of aromatic nitrogens is 3. The fourth-order valence-corrected chi connectivity index (χ4v) is 4.81. The van der Waals surface area contributed by atoms with Crippen molar-refractivity contribution in [2.45, 2.75) is 17.4 Å². The molecule has 2 heterocycles. The van der Waals surface area contributed by atoms with Crippen LogP contribution in [-0.2, 0) is 4.79 Å².